The standard InChI is InChI=1S/C45H60ClF3N6O8/c1-30(32-12-20-52(21-13-32)29-40(57)62-25-7-18-53-17-6-5-10-39(53)56)11-19-51(2)42(59)38(28-31-26-35(45(47,48)49)41(58)36(46)27-31)63-44(61)54-22-15-34(16-23-54)55-24-14-33-8-3-4-9-37(33)50-43(55)60/h3-4,8-9,26-27,30,32,34,38,58H,5-7,10-25,28-29H2,1-2H3,(H,50,60)/t30?,38-/m1/s1. The Morgan fingerprint density at radius 2 is 1.71 bits per heavy atom. The molecule has 63 heavy (non-hydrogen) atoms. The molecule has 0 saturated carbocycles. The van der Waals surface area contributed by atoms with Crippen molar-refractivity contribution in [2.24, 2.45) is 11.8 Å². The lowest BCUT2D eigenvalue weighted by molar-refractivity contribution is -0.145. The van der Waals surface area contributed by atoms with Crippen LogP contribution in [0.15, 0.2) is 36.4 Å². The van der Waals surface area contributed by atoms with Crippen molar-refractivity contribution in [1.82, 2.24) is 24.5 Å². The van der Waals surface area contributed by atoms with E-state index in [0.717, 1.165) is 49.5 Å². The number of rotatable bonds is 15. The van der Waals surface area contributed by atoms with Gasteiger partial charge in [0.1, 0.15) is 5.75 Å². The molecule has 6 rings (SSSR count). The Hall–Kier alpha value is -4.77. The van der Waals surface area contributed by atoms with Crippen LogP contribution in [0.4, 0.5) is 28.4 Å². The number of nitrogens with one attached hydrogen (secondary N) is 1. The van der Waals surface area contributed by atoms with Gasteiger partial charge in [-0.3, -0.25) is 19.3 Å². The van der Waals surface area contributed by atoms with Gasteiger partial charge in [-0.25, -0.2) is 9.59 Å². The molecule has 0 aromatic heterocycles. The van der Waals surface area contributed by atoms with E-state index in [2.05, 4.69) is 17.1 Å². The monoisotopic (exact) mass is 904 g/mol. The fourth-order valence-electron chi connectivity index (χ4n) is 9.11. The molecule has 4 aliphatic rings. The number of likely N-dealkylation sites (tertiary alicyclic amines) is 3. The van der Waals surface area contributed by atoms with E-state index in [0.29, 0.717) is 83.2 Å². The largest absolute Gasteiger partial charge is 0.506 e. The molecule has 3 saturated heterocycles. The second-order valence-electron chi connectivity index (χ2n) is 17.3. The van der Waals surface area contributed by atoms with Crippen molar-refractivity contribution in [3.8, 4) is 5.75 Å². The molecule has 2 aromatic rings. The molecule has 4 heterocycles. The lowest BCUT2D eigenvalue weighted by Crippen LogP contribution is -2.51. The van der Waals surface area contributed by atoms with Crippen LogP contribution < -0.4 is 5.32 Å². The Balaban J connectivity index is 1.00. The highest BCUT2D eigenvalue weighted by molar-refractivity contribution is 6.32. The second kappa shape index (κ2) is 21.7. The molecule has 4 aliphatic heterocycles. The van der Waals surface area contributed by atoms with E-state index in [1.807, 2.05) is 29.2 Å². The summed E-state index contributed by atoms with van der Waals surface area (Å²) >= 11 is 6.02. The number of fused-ring (bicyclic) bond motifs is 1. The van der Waals surface area contributed by atoms with E-state index in [9.17, 15) is 42.3 Å². The van der Waals surface area contributed by atoms with Gasteiger partial charge in [0.25, 0.3) is 5.91 Å². The van der Waals surface area contributed by atoms with Gasteiger partial charge in [0.15, 0.2) is 6.10 Å². The zero-order chi connectivity index (χ0) is 45.3. The number of carbonyl (C=O) groups is 5. The smallest absolute Gasteiger partial charge is 0.420 e. The van der Waals surface area contributed by atoms with Crippen LogP contribution >= 0.6 is 11.6 Å². The van der Waals surface area contributed by atoms with E-state index in [-0.39, 0.29) is 61.7 Å². The number of nitrogens with zero attached hydrogens (tertiary/aromatic N) is 5. The molecule has 2 atom stereocenters. The van der Waals surface area contributed by atoms with Crippen molar-refractivity contribution in [1.29, 1.82) is 0 Å². The minimum absolute atomic E-state index is 0.0468. The van der Waals surface area contributed by atoms with Gasteiger partial charge in [-0.1, -0.05) is 36.7 Å². The lowest BCUT2D eigenvalue weighted by atomic mass is 9.83. The number of ether oxygens (including phenoxy) is 2. The first-order chi connectivity index (χ1) is 30.1. The number of likely N-dealkylation sites (N-methyl/N-ethyl adjacent to an activating group) is 1. The van der Waals surface area contributed by atoms with Crippen LogP contribution in [0.2, 0.25) is 5.02 Å². The number of urea groups is 1. The molecule has 346 valence electrons. The maximum Gasteiger partial charge on any atom is 0.420 e. The normalized spacial score (nSPS) is 19.2. The molecular formula is C45H60ClF3N6O8. The molecule has 2 N–H and O–H groups in total. The predicted octanol–water partition coefficient (Wildman–Crippen LogP) is 6.81. The fourth-order valence-corrected chi connectivity index (χ4v) is 9.36. The first-order valence-electron chi connectivity index (χ1n) is 22.2. The van der Waals surface area contributed by atoms with Crippen LogP contribution in [0.1, 0.15) is 81.4 Å². The number of aromatic hydroxyl groups is 1. The third kappa shape index (κ3) is 12.9. The van der Waals surface area contributed by atoms with Gasteiger partial charge in [0.05, 0.1) is 23.7 Å². The summed E-state index contributed by atoms with van der Waals surface area (Å²) in [5.74, 6) is -1.33. The number of hydrogen-bond acceptors (Lipinski definition) is 9. The average molecular weight is 905 g/mol. The van der Waals surface area contributed by atoms with Crippen molar-refractivity contribution in [3.63, 3.8) is 0 Å². The minimum atomic E-state index is -4.93. The summed E-state index contributed by atoms with van der Waals surface area (Å²) in [7, 11) is 1.56. The van der Waals surface area contributed by atoms with Gasteiger partial charge in [0, 0.05) is 70.9 Å². The highest BCUT2D eigenvalue weighted by Crippen LogP contribution is 2.41. The fraction of sp³-hybridized carbons (Fsp3) is 0.622. The number of anilines is 1. The van der Waals surface area contributed by atoms with E-state index in [1.54, 1.807) is 11.9 Å². The van der Waals surface area contributed by atoms with Crippen LogP contribution in [0.3, 0.4) is 0 Å². The molecule has 0 bridgehead atoms. The maximum atomic E-state index is 14.1. The number of benzene rings is 2. The van der Waals surface area contributed by atoms with Gasteiger partial charge >= 0.3 is 24.3 Å². The van der Waals surface area contributed by atoms with Crippen molar-refractivity contribution < 1.29 is 51.7 Å². The van der Waals surface area contributed by atoms with Gasteiger partial charge in [-0.2, -0.15) is 13.2 Å². The quantitative estimate of drug-likeness (QED) is 0.145. The molecular weight excluding hydrogens is 845 g/mol. The van der Waals surface area contributed by atoms with Crippen molar-refractivity contribution in [2.45, 2.75) is 95.9 Å². The highest BCUT2D eigenvalue weighted by Gasteiger charge is 2.38. The number of carbonyl (C=O) groups excluding carboxylic acids is 5. The van der Waals surface area contributed by atoms with Crippen LogP contribution in [0.5, 0.6) is 5.75 Å². The van der Waals surface area contributed by atoms with E-state index >= 15 is 0 Å². The molecule has 5 amide bonds. The SMILES string of the molecule is CC(CCN(C)C(=O)[C@@H](Cc1cc(Cl)c(O)c(C(F)(F)F)c1)OC(=O)N1CCC(N2CCc3ccccc3NC2=O)CC1)C1CCN(CC(=O)OCCCN2CCCCC2=O)CC1. The summed E-state index contributed by atoms with van der Waals surface area (Å²) in [5, 5.41) is 12.5. The van der Waals surface area contributed by atoms with Gasteiger partial charge < -0.3 is 39.5 Å². The van der Waals surface area contributed by atoms with E-state index < -0.39 is 47.0 Å². The zero-order valence-corrected chi connectivity index (χ0v) is 36.9. The van der Waals surface area contributed by atoms with E-state index in [1.165, 1.54) is 9.80 Å². The van der Waals surface area contributed by atoms with Gasteiger partial charge in [-0.05, 0) is 112 Å². The van der Waals surface area contributed by atoms with Crippen LogP contribution in [0, 0.1) is 11.8 Å². The summed E-state index contributed by atoms with van der Waals surface area (Å²) in [6.07, 6.45) is -0.622. The lowest BCUT2D eigenvalue weighted by Gasteiger charge is -2.38. The second-order valence-corrected chi connectivity index (χ2v) is 17.8. The topological polar surface area (TPSA) is 152 Å². The van der Waals surface area contributed by atoms with Gasteiger partial charge in [-0.15, -0.1) is 0 Å². The number of piperidine rings is 3. The Labute approximate surface area is 371 Å². The summed E-state index contributed by atoms with van der Waals surface area (Å²) < 4.78 is 52.8. The number of amides is 5. The molecule has 2 aromatic carbocycles. The van der Waals surface area contributed by atoms with Crippen molar-refractivity contribution in [3.05, 3.63) is 58.1 Å². The van der Waals surface area contributed by atoms with Crippen LogP contribution in [-0.2, 0) is 42.9 Å². The predicted molar refractivity (Wildman–Crippen MR) is 229 cm³/mol. The zero-order valence-electron chi connectivity index (χ0n) is 36.2. The molecule has 0 radical (unpaired) electrons. The summed E-state index contributed by atoms with van der Waals surface area (Å²) in [5.41, 5.74) is 0.396. The number of para-hydroxylation sites is 1. The number of esters is 1. The van der Waals surface area contributed by atoms with Crippen molar-refractivity contribution in [2.75, 3.05) is 77.9 Å². The number of phenolic OH excluding ortho intramolecular Hbond substituents is 1. The number of alkyl halides is 3. The first-order valence-corrected chi connectivity index (χ1v) is 22.6. The number of phenols is 1. The minimum Gasteiger partial charge on any atom is -0.506 e. The third-order valence-corrected chi connectivity index (χ3v) is 13.3. The molecule has 18 heteroatoms. The van der Waals surface area contributed by atoms with Crippen molar-refractivity contribution >= 4 is 47.2 Å². The average Bonchev–Trinajstić information content (AvgIpc) is 3.43. The first kappa shape index (κ1) is 47.7. The third-order valence-electron chi connectivity index (χ3n) is 13.0. The molecule has 3 fully saturated rings. The number of halogens is 4. The Morgan fingerprint density at radius 3 is 2.43 bits per heavy atom. The summed E-state index contributed by atoms with van der Waals surface area (Å²) in [4.78, 5) is 73.9. The van der Waals surface area contributed by atoms with Crippen LogP contribution in [0.25, 0.3) is 0 Å². The van der Waals surface area contributed by atoms with E-state index in [4.69, 9.17) is 21.1 Å². The Kier molecular flexibility index (Phi) is 16.5. The highest BCUT2D eigenvalue weighted by atomic mass is 35.5. The maximum absolute atomic E-state index is 14.1. The van der Waals surface area contributed by atoms with Gasteiger partial charge in [0.2, 0.25) is 5.91 Å². The summed E-state index contributed by atoms with van der Waals surface area (Å²) in [6.45, 7) is 6.62. The summed E-state index contributed by atoms with van der Waals surface area (Å²) in [6, 6.07) is 9.10. The van der Waals surface area contributed by atoms with Crippen LogP contribution in [-0.4, -0.2) is 144 Å². The molecule has 14 nitrogen and oxygen atoms in total. The molecule has 0 spiro atoms. The Bertz CT molecular complexity index is 1940. The molecule has 1 unspecified atom stereocenters. The number of hydrogen-bond donors (Lipinski definition) is 2. The molecule has 0 aliphatic carbocycles. The Morgan fingerprint density at radius 1 is 0.984 bits per heavy atom.